The van der Waals surface area contributed by atoms with Crippen molar-refractivity contribution in [2.45, 2.75) is 6.61 Å². The molecule has 0 unspecified atom stereocenters. The Labute approximate surface area is 127 Å². The second-order valence-electron chi connectivity index (χ2n) is 3.86. The molecule has 2 rings (SSSR count). The smallest absolute Gasteiger partial charge is 0.185 e. The Balaban J connectivity index is 2.20. The van der Waals surface area contributed by atoms with Gasteiger partial charge in [0.1, 0.15) is 18.1 Å². The number of methoxy groups -OCH3 is 2. The number of hydrogen-bond donors (Lipinski definition) is 0. The zero-order valence-electron chi connectivity index (χ0n) is 11.0. The molecule has 0 aliphatic carbocycles. The third-order valence-corrected chi connectivity index (χ3v) is 3.17. The third kappa shape index (κ3) is 3.26. The highest BCUT2D eigenvalue weighted by Crippen LogP contribution is 2.32. The molecule has 0 saturated carbocycles. The number of pyridine rings is 1. The molecule has 4 nitrogen and oxygen atoms in total. The minimum Gasteiger partial charge on any atom is -0.493 e. The second kappa shape index (κ2) is 6.68. The summed E-state index contributed by atoms with van der Waals surface area (Å²) in [7, 11) is 3.12. The largest absolute Gasteiger partial charge is 0.493 e. The number of halogens is 2. The van der Waals surface area contributed by atoms with Crippen LogP contribution in [0.4, 0.5) is 0 Å². The van der Waals surface area contributed by atoms with Gasteiger partial charge in [-0.25, -0.2) is 0 Å². The van der Waals surface area contributed by atoms with Gasteiger partial charge in [0.2, 0.25) is 0 Å². The van der Waals surface area contributed by atoms with Crippen LogP contribution in [0.2, 0.25) is 10.0 Å². The average molecular weight is 314 g/mol. The molecule has 0 N–H and O–H groups in total. The molecular weight excluding hydrogens is 301 g/mol. The van der Waals surface area contributed by atoms with Gasteiger partial charge in [-0.15, -0.1) is 0 Å². The van der Waals surface area contributed by atoms with Crippen molar-refractivity contribution in [3.8, 4) is 17.2 Å². The number of ether oxygens (including phenoxy) is 3. The lowest BCUT2D eigenvalue weighted by Crippen LogP contribution is -2.03. The Morgan fingerprint density at radius 1 is 1.05 bits per heavy atom. The van der Waals surface area contributed by atoms with Gasteiger partial charge in [-0.1, -0.05) is 23.2 Å². The fourth-order valence-corrected chi connectivity index (χ4v) is 2.02. The van der Waals surface area contributed by atoms with Crippen LogP contribution in [0.3, 0.4) is 0 Å². The lowest BCUT2D eigenvalue weighted by atomic mass is 10.3. The minimum absolute atomic E-state index is 0.195. The fourth-order valence-electron chi connectivity index (χ4n) is 1.69. The van der Waals surface area contributed by atoms with Crippen LogP contribution in [0, 0.1) is 0 Å². The third-order valence-electron chi connectivity index (χ3n) is 2.62. The van der Waals surface area contributed by atoms with Crippen molar-refractivity contribution in [3.05, 3.63) is 46.2 Å². The van der Waals surface area contributed by atoms with Crippen LogP contribution < -0.4 is 14.2 Å². The van der Waals surface area contributed by atoms with Crippen molar-refractivity contribution in [3.63, 3.8) is 0 Å². The van der Waals surface area contributed by atoms with Crippen molar-refractivity contribution >= 4 is 23.2 Å². The van der Waals surface area contributed by atoms with E-state index < -0.39 is 0 Å². The van der Waals surface area contributed by atoms with E-state index >= 15 is 0 Å². The zero-order valence-corrected chi connectivity index (χ0v) is 12.5. The van der Waals surface area contributed by atoms with E-state index in [2.05, 4.69) is 4.98 Å². The van der Waals surface area contributed by atoms with Crippen molar-refractivity contribution < 1.29 is 14.2 Å². The van der Waals surface area contributed by atoms with E-state index in [0.29, 0.717) is 33.0 Å². The summed E-state index contributed by atoms with van der Waals surface area (Å²) < 4.78 is 16.1. The quantitative estimate of drug-likeness (QED) is 0.837. The van der Waals surface area contributed by atoms with Crippen molar-refractivity contribution in [2.75, 3.05) is 14.2 Å². The maximum absolute atomic E-state index is 6.03. The number of aromatic nitrogens is 1. The lowest BCUT2D eigenvalue weighted by Gasteiger charge is -2.13. The highest BCUT2D eigenvalue weighted by atomic mass is 35.5. The van der Waals surface area contributed by atoms with Crippen LogP contribution in [0.1, 0.15) is 5.69 Å². The van der Waals surface area contributed by atoms with E-state index in [9.17, 15) is 0 Å². The molecule has 0 atom stereocenters. The Bertz CT molecular complexity index is 605. The van der Waals surface area contributed by atoms with E-state index in [4.69, 9.17) is 37.4 Å². The number of nitrogens with zero attached hydrogens (tertiary/aromatic N) is 1. The molecule has 0 spiro atoms. The van der Waals surface area contributed by atoms with Gasteiger partial charge >= 0.3 is 0 Å². The first-order valence-electron chi connectivity index (χ1n) is 5.79. The summed E-state index contributed by atoms with van der Waals surface area (Å²) >= 11 is 11.9. The number of benzene rings is 1. The van der Waals surface area contributed by atoms with Crippen LogP contribution in [-0.2, 0) is 6.61 Å². The van der Waals surface area contributed by atoms with Gasteiger partial charge in [0.25, 0.3) is 0 Å². The molecule has 0 aliphatic rings. The van der Waals surface area contributed by atoms with E-state index in [-0.39, 0.29) is 6.61 Å². The summed E-state index contributed by atoms with van der Waals surface area (Å²) in [5.41, 5.74) is 0.614. The van der Waals surface area contributed by atoms with Gasteiger partial charge in [-0.3, -0.25) is 4.98 Å². The van der Waals surface area contributed by atoms with Crippen LogP contribution in [-0.4, -0.2) is 19.2 Å². The first-order chi connectivity index (χ1) is 9.65. The minimum atomic E-state index is 0.195. The van der Waals surface area contributed by atoms with E-state index in [1.807, 2.05) is 0 Å². The van der Waals surface area contributed by atoms with E-state index in [0.717, 1.165) is 0 Å². The molecule has 0 fully saturated rings. The summed E-state index contributed by atoms with van der Waals surface area (Å²) in [6, 6.07) is 6.74. The Kier molecular flexibility index (Phi) is 4.93. The molecule has 106 valence electrons. The van der Waals surface area contributed by atoms with Gasteiger partial charge in [0.05, 0.1) is 19.2 Å². The Morgan fingerprint density at radius 2 is 1.85 bits per heavy atom. The molecule has 0 bridgehead atoms. The predicted octanol–water partition coefficient (Wildman–Crippen LogP) is 3.98. The highest BCUT2D eigenvalue weighted by Gasteiger charge is 2.12. The summed E-state index contributed by atoms with van der Waals surface area (Å²) in [6.07, 6.45) is 1.62. The first-order valence-corrected chi connectivity index (χ1v) is 6.55. The Morgan fingerprint density at radius 3 is 2.55 bits per heavy atom. The topological polar surface area (TPSA) is 40.6 Å². The van der Waals surface area contributed by atoms with Gasteiger partial charge in [-0.05, 0) is 12.1 Å². The maximum atomic E-state index is 6.03. The standard InChI is InChI=1S/C14H13Cl2NO3/c1-18-12-5-6-17-11(14(12)19-2)8-20-13-7-9(15)3-4-10(13)16/h3-7H,8H2,1-2H3. The molecule has 1 aromatic carbocycles. The van der Waals surface area contributed by atoms with Crippen LogP contribution >= 0.6 is 23.2 Å². The van der Waals surface area contributed by atoms with Crippen molar-refractivity contribution in [1.29, 1.82) is 0 Å². The molecule has 6 heteroatoms. The summed E-state index contributed by atoms with van der Waals surface area (Å²) in [5.74, 6) is 1.62. The fraction of sp³-hybridized carbons (Fsp3) is 0.214. The SMILES string of the molecule is COc1ccnc(COc2cc(Cl)ccc2Cl)c1OC. The number of hydrogen-bond acceptors (Lipinski definition) is 4. The van der Waals surface area contributed by atoms with Gasteiger partial charge in [0, 0.05) is 23.4 Å². The summed E-state index contributed by atoms with van der Waals surface area (Å²) in [6.45, 7) is 0.195. The maximum Gasteiger partial charge on any atom is 0.185 e. The van der Waals surface area contributed by atoms with Crippen molar-refractivity contribution in [2.24, 2.45) is 0 Å². The molecule has 0 aliphatic heterocycles. The predicted molar refractivity (Wildman–Crippen MR) is 78.1 cm³/mol. The normalized spacial score (nSPS) is 10.2. The molecule has 20 heavy (non-hydrogen) atoms. The highest BCUT2D eigenvalue weighted by molar-refractivity contribution is 6.34. The molecular formula is C14H13Cl2NO3. The zero-order chi connectivity index (χ0) is 14.5. The van der Waals surface area contributed by atoms with E-state index in [1.165, 1.54) is 0 Å². The monoisotopic (exact) mass is 313 g/mol. The molecule has 1 heterocycles. The van der Waals surface area contributed by atoms with Crippen LogP contribution in [0.15, 0.2) is 30.5 Å². The van der Waals surface area contributed by atoms with Crippen LogP contribution in [0.25, 0.3) is 0 Å². The van der Waals surface area contributed by atoms with Gasteiger partial charge in [0.15, 0.2) is 11.5 Å². The molecule has 0 amide bonds. The van der Waals surface area contributed by atoms with E-state index in [1.54, 1.807) is 44.7 Å². The molecule has 0 saturated heterocycles. The first kappa shape index (κ1) is 14.8. The average Bonchev–Trinajstić information content (AvgIpc) is 2.47. The Hall–Kier alpha value is -1.65. The van der Waals surface area contributed by atoms with Crippen LogP contribution in [0.5, 0.6) is 17.2 Å². The molecule has 1 aromatic heterocycles. The molecule has 0 radical (unpaired) electrons. The summed E-state index contributed by atoms with van der Waals surface area (Å²) in [4.78, 5) is 4.22. The number of rotatable bonds is 5. The molecule has 2 aromatic rings. The van der Waals surface area contributed by atoms with Gasteiger partial charge < -0.3 is 14.2 Å². The lowest BCUT2D eigenvalue weighted by molar-refractivity contribution is 0.285. The summed E-state index contributed by atoms with van der Waals surface area (Å²) in [5, 5.41) is 1.03. The second-order valence-corrected chi connectivity index (χ2v) is 4.70. The van der Waals surface area contributed by atoms with Gasteiger partial charge in [-0.2, -0.15) is 0 Å². The van der Waals surface area contributed by atoms with Crippen molar-refractivity contribution in [1.82, 2.24) is 4.98 Å².